The quantitative estimate of drug-likeness (QED) is 0.880. The van der Waals surface area contributed by atoms with Crippen molar-refractivity contribution in [3.8, 4) is 5.75 Å². The SMILES string of the molecule is CCOc1ccc(NC(=O)C23CC4C[C@@H](CC[C@@H](C4)C2)C3)cc1. The molecule has 0 heterocycles. The van der Waals surface area contributed by atoms with Crippen molar-refractivity contribution in [3.05, 3.63) is 24.3 Å². The second-order valence-electron chi connectivity index (χ2n) is 7.95. The fraction of sp³-hybridized carbons (Fsp3) is 0.650. The fourth-order valence-electron chi connectivity index (χ4n) is 5.53. The van der Waals surface area contributed by atoms with E-state index in [0.717, 1.165) is 48.5 Å². The minimum Gasteiger partial charge on any atom is -0.494 e. The van der Waals surface area contributed by atoms with Crippen LogP contribution >= 0.6 is 0 Å². The van der Waals surface area contributed by atoms with Gasteiger partial charge in [0.05, 0.1) is 12.0 Å². The highest BCUT2D eigenvalue weighted by Gasteiger charge is 2.52. The van der Waals surface area contributed by atoms with Crippen LogP contribution in [0.4, 0.5) is 5.69 Å². The number of hydrogen-bond acceptors (Lipinski definition) is 2. The molecule has 3 nitrogen and oxygen atoms in total. The largest absolute Gasteiger partial charge is 0.494 e. The first kappa shape index (κ1) is 15.0. The summed E-state index contributed by atoms with van der Waals surface area (Å²) in [5, 5.41) is 3.20. The summed E-state index contributed by atoms with van der Waals surface area (Å²) in [6.45, 7) is 2.64. The summed E-state index contributed by atoms with van der Waals surface area (Å²) in [6, 6.07) is 7.78. The molecule has 4 atom stereocenters. The molecule has 2 unspecified atom stereocenters. The zero-order valence-electron chi connectivity index (χ0n) is 14.0. The van der Waals surface area contributed by atoms with E-state index >= 15 is 0 Å². The van der Waals surface area contributed by atoms with Crippen LogP contribution in [0.15, 0.2) is 24.3 Å². The predicted octanol–water partition coefficient (Wildman–Crippen LogP) is 4.63. The molecule has 0 aliphatic heterocycles. The third-order valence-corrected chi connectivity index (χ3v) is 6.26. The Labute approximate surface area is 138 Å². The number of fused-ring (bicyclic) bond motifs is 1. The van der Waals surface area contributed by atoms with E-state index in [0.29, 0.717) is 6.61 Å². The summed E-state index contributed by atoms with van der Waals surface area (Å²) in [6.07, 6.45) is 8.77. The molecule has 5 rings (SSSR count). The first-order valence-corrected chi connectivity index (χ1v) is 9.21. The summed E-state index contributed by atoms with van der Waals surface area (Å²) in [7, 11) is 0. The third kappa shape index (κ3) is 2.86. The van der Waals surface area contributed by atoms with Crippen LogP contribution in [-0.2, 0) is 4.79 Å². The van der Waals surface area contributed by atoms with Gasteiger partial charge in [0.1, 0.15) is 5.75 Å². The maximum atomic E-state index is 13.1. The number of carbonyl (C=O) groups is 1. The van der Waals surface area contributed by atoms with Crippen LogP contribution in [0.2, 0.25) is 0 Å². The standard InChI is InChI=1S/C20H27NO2/c1-2-23-18-7-5-17(6-8-18)21-19(22)20-11-14-3-4-15(12-20)10-16(9-14)13-20/h5-8,14-16H,2-4,9-13H2,1H3,(H,21,22)/t14-,15+,16?,20?. The number of rotatable bonds is 4. The molecule has 1 N–H and O–H groups in total. The third-order valence-electron chi connectivity index (χ3n) is 6.26. The zero-order chi connectivity index (χ0) is 15.9. The van der Waals surface area contributed by atoms with Gasteiger partial charge in [-0.15, -0.1) is 0 Å². The molecule has 0 saturated heterocycles. The Kier molecular flexibility index (Phi) is 3.82. The average Bonchev–Trinajstić information content (AvgIpc) is 2.75. The van der Waals surface area contributed by atoms with Crippen LogP contribution in [-0.4, -0.2) is 12.5 Å². The second kappa shape index (κ2) is 5.85. The molecule has 1 aromatic rings. The molecule has 4 bridgehead atoms. The van der Waals surface area contributed by atoms with Crippen molar-refractivity contribution in [2.75, 3.05) is 11.9 Å². The normalized spacial score (nSPS) is 34.9. The maximum Gasteiger partial charge on any atom is 0.230 e. The van der Waals surface area contributed by atoms with Gasteiger partial charge in [0.25, 0.3) is 0 Å². The van der Waals surface area contributed by atoms with Gasteiger partial charge < -0.3 is 10.1 Å². The molecule has 1 aromatic carbocycles. The van der Waals surface area contributed by atoms with Crippen LogP contribution in [0, 0.1) is 23.2 Å². The fourth-order valence-corrected chi connectivity index (χ4v) is 5.53. The average molecular weight is 313 g/mol. The second-order valence-corrected chi connectivity index (χ2v) is 7.95. The first-order valence-electron chi connectivity index (χ1n) is 9.21. The van der Waals surface area contributed by atoms with Crippen LogP contribution in [0.1, 0.15) is 51.9 Å². The molecule has 0 spiro atoms. The lowest BCUT2D eigenvalue weighted by Crippen LogP contribution is -2.45. The summed E-state index contributed by atoms with van der Waals surface area (Å²) in [5.74, 6) is 3.49. The van der Waals surface area contributed by atoms with Crippen molar-refractivity contribution < 1.29 is 9.53 Å². The van der Waals surface area contributed by atoms with Crippen molar-refractivity contribution >= 4 is 11.6 Å². The smallest absolute Gasteiger partial charge is 0.230 e. The Balaban J connectivity index is 1.50. The van der Waals surface area contributed by atoms with E-state index in [2.05, 4.69) is 5.32 Å². The van der Waals surface area contributed by atoms with E-state index in [1.807, 2.05) is 31.2 Å². The minimum atomic E-state index is -0.0917. The van der Waals surface area contributed by atoms with Crippen molar-refractivity contribution in [1.82, 2.24) is 0 Å². The molecular weight excluding hydrogens is 286 g/mol. The molecule has 3 heteroatoms. The lowest BCUT2D eigenvalue weighted by atomic mass is 9.58. The number of carbonyl (C=O) groups excluding carboxylic acids is 1. The van der Waals surface area contributed by atoms with Crippen LogP contribution in [0.25, 0.3) is 0 Å². The van der Waals surface area contributed by atoms with E-state index in [4.69, 9.17) is 4.74 Å². The molecule has 4 aliphatic rings. The summed E-state index contributed by atoms with van der Waals surface area (Å²) in [4.78, 5) is 13.1. The number of nitrogens with one attached hydrogen (secondary N) is 1. The summed E-state index contributed by atoms with van der Waals surface area (Å²) >= 11 is 0. The topological polar surface area (TPSA) is 38.3 Å². The highest BCUT2D eigenvalue weighted by Crippen LogP contribution is 2.58. The number of amides is 1. The summed E-state index contributed by atoms with van der Waals surface area (Å²) < 4.78 is 5.47. The van der Waals surface area contributed by atoms with Crippen LogP contribution < -0.4 is 10.1 Å². The van der Waals surface area contributed by atoms with E-state index in [-0.39, 0.29) is 11.3 Å². The van der Waals surface area contributed by atoms with Crippen molar-refractivity contribution in [3.63, 3.8) is 0 Å². The van der Waals surface area contributed by atoms with Gasteiger partial charge in [0.2, 0.25) is 5.91 Å². The van der Waals surface area contributed by atoms with E-state index < -0.39 is 0 Å². The number of hydrogen-bond donors (Lipinski definition) is 1. The predicted molar refractivity (Wildman–Crippen MR) is 91.5 cm³/mol. The van der Waals surface area contributed by atoms with E-state index in [9.17, 15) is 4.79 Å². The molecule has 0 aromatic heterocycles. The Morgan fingerprint density at radius 2 is 1.70 bits per heavy atom. The monoisotopic (exact) mass is 313 g/mol. The molecule has 1 amide bonds. The molecule has 0 radical (unpaired) electrons. The Bertz CT molecular complexity index is 564. The highest BCUT2D eigenvalue weighted by atomic mass is 16.5. The molecule has 4 aliphatic carbocycles. The highest BCUT2D eigenvalue weighted by molar-refractivity contribution is 5.95. The first-order chi connectivity index (χ1) is 11.2. The summed E-state index contributed by atoms with van der Waals surface area (Å²) in [5.41, 5.74) is 0.805. The molecule has 124 valence electrons. The van der Waals surface area contributed by atoms with Crippen molar-refractivity contribution in [2.45, 2.75) is 51.9 Å². The van der Waals surface area contributed by atoms with Gasteiger partial charge in [-0.1, -0.05) is 12.8 Å². The Morgan fingerprint density at radius 3 is 2.30 bits per heavy atom. The molecular formula is C20H27NO2. The van der Waals surface area contributed by atoms with Gasteiger partial charge in [-0.2, -0.15) is 0 Å². The Hall–Kier alpha value is -1.51. The van der Waals surface area contributed by atoms with Gasteiger partial charge in [0, 0.05) is 5.69 Å². The molecule has 4 saturated carbocycles. The molecule has 4 fully saturated rings. The van der Waals surface area contributed by atoms with E-state index in [1.54, 1.807) is 0 Å². The number of benzene rings is 1. The van der Waals surface area contributed by atoms with Gasteiger partial charge in [-0.3, -0.25) is 4.79 Å². The lowest BCUT2D eigenvalue weighted by Gasteiger charge is -2.47. The molecule has 23 heavy (non-hydrogen) atoms. The van der Waals surface area contributed by atoms with Crippen LogP contribution in [0.5, 0.6) is 5.75 Å². The van der Waals surface area contributed by atoms with Crippen molar-refractivity contribution in [1.29, 1.82) is 0 Å². The van der Waals surface area contributed by atoms with Crippen molar-refractivity contribution in [2.24, 2.45) is 23.2 Å². The number of ether oxygens (including phenoxy) is 1. The van der Waals surface area contributed by atoms with Gasteiger partial charge in [0.15, 0.2) is 0 Å². The van der Waals surface area contributed by atoms with Gasteiger partial charge >= 0.3 is 0 Å². The zero-order valence-corrected chi connectivity index (χ0v) is 14.0. The Morgan fingerprint density at radius 1 is 1.09 bits per heavy atom. The minimum absolute atomic E-state index is 0.0917. The van der Waals surface area contributed by atoms with Gasteiger partial charge in [-0.05, 0) is 81.0 Å². The van der Waals surface area contributed by atoms with E-state index in [1.165, 1.54) is 25.7 Å². The lowest BCUT2D eigenvalue weighted by molar-refractivity contribution is -0.132. The maximum absolute atomic E-state index is 13.1. The number of anilines is 1. The van der Waals surface area contributed by atoms with Crippen LogP contribution in [0.3, 0.4) is 0 Å². The van der Waals surface area contributed by atoms with Gasteiger partial charge in [-0.25, -0.2) is 0 Å².